The average Bonchev–Trinajstić information content (AvgIpc) is 3.73. The van der Waals surface area contributed by atoms with Crippen molar-refractivity contribution in [2.24, 2.45) is 0 Å². The molecule has 0 saturated carbocycles. The van der Waals surface area contributed by atoms with Crippen LogP contribution in [-0.4, -0.2) is 15.9 Å². The van der Waals surface area contributed by atoms with Crippen molar-refractivity contribution in [1.29, 1.82) is 0 Å². The molecule has 0 bridgehead atoms. The van der Waals surface area contributed by atoms with Gasteiger partial charge >= 0.3 is 6.85 Å². The molecule has 0 fully saturated rings. The minimum Gasteiger partial charge on any atom is -0.375 e. The number of rotatable bonds is 2. The highest BCUT2D eigenvalue weighted by Crippen LogP contribution is 2.48. The van der Waals surface area contributed by atoms with Gasteiger partial charge in [-0.25, -0.2) is 0 Å². The smallest absolute Gasteiger partial charge is 0.333 e. The second-order valence-electron chi connectivity index (χ2n) is 20.4. The topological polar surface area (TPSA) is 9.86 Å². The van der Waals surface area contributed by atoms with E-state index in [1.54, 1.807) is 0 Å². The normalized spacial score (nSPS) is 13.4. The lowest BCUT2D eigenvalue weighted by atomic mass is 9.45. The van der Waals surface area contributed by atoms with Crippen LogP contribution >= 0.6 is 0 Å². The molecule has 0 amide bonds. The van der Waals surface area contributed by atoms with Crippen molar-refractivity contribution < 1.29 is 0 Å². The minimum atomic E-state index is -0.0442. The van der Waals surface area contributed by atoms with E-state index in [0.717, 1.165) is 0 Å². The second kappa shape index (κ2) is 12.2. The zero-order valence-corrected chi connectivity index (χ0v) is 37.1. The maximum atomic E-state index is 2.75. The molecule has 0 spiro atoms. The molecule has 2 aromatic heterocycles. The molecule has 296 valence electrons. The Labute approximate surface area is 359 Å². The number of hydrogen-bond acceptors (Lipinski definition) is 0. The lowest BCUT2D eigenvalue weighted by Gasteiger charge is -2.35. The Morgan fingerprint density at radius 2 is 1.20 bits per heavy atom. The van der Waals surface area contributed by atoms with E-state index in [-0.39, 0.29) is 17.7 Å². The molecule has 12 rings (SSSR count). The monoisotopic (exact) mass is 786 g/mol. The molecule has 4 heterocycles. The van der Waals surface area contributed by atoms with Gasteiger partial charge in [-0.3, -0.25) is 0 Å². The van der Waals surface area contributed by atoms with Gasteiger partial charge in [0.25, 0.3) is 0 Å². The number of aryl methyl sites for hydroxylation is 4. The van der Waals surface area contributed by atoms with Gasteiger partial charge in [-0.1, -0.05) is 132 Å². The predicted octanol–water partition coefficient (Wildman–Crippen LogP) is 14.2. The van der Waals surface area contributed by atoms with Crippen LogP contribution in [0.25, 0.3) is 93.5 Å². The summed E-state index contributed by atoms with van der Waals surface area (Å²) in [6, 6.07) is 50.0. The van der Waals surface area contributed by atoms with Crippen molar-refractivity contribution in [1.82, 2.24) is 9.05 Å². The Morgan fingerprint density at radius 1 is 0.459 bits per heavy atom. The van der Waals surface area contributed by atoms with Gasteiger partial charge in [-0.15, -0.1) is 0 Å². The van der Waals surface area contributed by atoms with E-state index in [2.05, 4.69) is 206 Å². The van der Waals surface area contributed by atoms with Crippen molar-refractivity contribution in [3.05, 3.63) is 161 Å². The van der Waals surface area contributed by atoms with E-state index in [4.69, 9.17) is 0 Å². The van der Waals surface area contributed by atoms with Crippen LogP contribution in [0.5, 0.6) is 0 Å². The van der Waals surface area contributed by atoms with Crippen LogP contribution in [0.1, 0.15) is 74.9 Å². The molecule has 3 heteroatoms. The summed E-state index contributed by atoms with van der Waals surface area (Å²) in [5, 5.41) is 7.87. The Kier molecular flexibility index (Phi) is 7.28. The van der Waals surface area contributed by atoms with Crippen molar-refractivity contribution in [3.63, 3.8) is 0 Å². The highest BCUT2D eigenvalue weighted by Gasteiger charge is 2.43. The number of nitrogens with zero attached hydrogens (tertiary/aromatic N) is 2. The largest absolute Gasteiger partial charge is 0.375 e. The standard InChI is InChI=1S/C58H51BN2/c1-32-18-21-41(35(4)24-32)37-25-45-48-31-40(58(8,9)10)30-47-44-29-39(57(5,6)7)20-23-50(44)61(55(47)48)59-49-27-38(52-33(2)14-13-15-34(52)3)26-46-43-22-19-36-16-11-12-17-42(36)54(43)60(56(46)49)51(28-37)53(45)59/h11-31H,1-10H3. The fourth-order valence-electron chi connectivity index (χ4n) is 11.4. The Balaban J connectivity index is 1.34. The lowest BCUT2D eigenvalue weighted by molar-refractivity contribution is 0.590. The maximum absolute atomic E-state index is 2.75. The van der Waals surface area contributed by atoms with Crippen molar-refractivity contribution >= 4 is 72.2 Å². The van der Waals surface area contributed by atoms with Gasteiger partial charge in [0.15, 0.2) is 0 Å². The van der Waals surface area contributed by atoms with Gasteiger partial charge in [0.05, 0.1) is 11.0 Å². The van der Waals surface area contributed by atoms with E-state index < -0.39 is 0 Å². The highest BCUT2D eigenvalue weighted by molar-refractivity contribution is 6.90. The fraction of sp³-hybridized carbons (Fsp3) is 0.207. The summed E-state index contributed by atoms with van der Waals surface area (Å²) in [6.07, 6.45) is 0. The van der Waals surface area contributed by atoms with Crippen LogP contribution in [0.15, 0.2) is 127 Å². The number of benzene rings is 8. The third kappa shape index (κ3) is 4.98. The maximum Gasteiger partial charge on any atom is 0.333 e. The van der Waals surface area contributed by atoms with Crippen LogP contribution in [0.4, 0.5) is 0 Å². The molecule has 8 aromatic carbocycles. The van der Waals surface area contributed by atoms with Crippen LogP contribution in [0.3, 0.4) is 0 Å². The number of hydrogen-bond donors (Lipinski definition) is 0. The molecule has 0 atom stereocenters. The Hall–Kier alpha value is -6.32. The van der Waals surface area contributed by atoms with Crippen LogP contribution in [-0.2, 0) is 10.8 Å². The molecule has 2 aliphatic rings. The third-order valence-electron chi connectivity index (χ3n) is 14.4. The molecular weight excluding hydrogens is 735 g/mol. The highest BCUT2D eigenvalue weighted by atomic mass is 15.0. The van der Waals surface area contributed by atoms with Gasteiger partial charge in [0.1, 0.15) is 0 Å². The predicted molar refractivity (Wildman–Crippen MR) is 264 cm³/mol. The van der Waals surface area contributed by atoms with E-state index in [1.165, 1.54) is 138 Å². The SMILES string of the molecule is Cc1ccc(-c2cc3c4c(c2)-n2c5c(cc(-c6c(C)cccc6C)cc5c5ccc6ccccc6c52)B4n2c4ccc(C(C)(C)C)cc4c4cc(C(C)(C)C)cc-3c42)c(C)c1. The third-order valence-corrected chi connectivity index (χ3v) is 14.4. The zero-order valence-electron chi connectivity index (χ0n) is 37.1. The molecule has 0 aliphatic carbocycles. The van der Waals surface area contributed by atoms with Crippen LogP contribution < -0.4 is 10.9 Å². The summed E-state index contributed by atoms with van der Waals surface area (Å²) in [5.41, 5.74) is 25.1. The summed E-state index contributed by atoms with van der Waals surface area (Å²) in [6.45, 7) is 23.1. The van der Waals surface area contributed by atoms with Crippen LogP contribution in [0.2, 0.25) is 0 Å². The van der Waals surface area contributed by atoms with E-state index in [1.807, 2.05) is 0 Å². The fourth-order valence-corrected chi connectivity index (χ4v) is 11.4. The average molecular weight is 787 g/mol. The van der Waals surface area contributed by atoms with Crippen molar-refractivity contribution in [2.75, 3.05) is 0 Å². The molecule has 0 radical (unpaired) electrons. The number of aromatic nitrogens is 2. The van der Waals surface area contributed by atoms with Gasteiger partial charge in [0, 0.05) is 49.2 Å². The van der Waals surface area contributed by atoms with Gasteiger partial charge in [-0.2, -0.15) is 0 Å². The molecule has 2 nitrogen and oxygen atoms in total. The van der Waals surface area contributed by atoms with Crippen molar-refractivity contribution in [2.45, 2.75) is 80.1 Å². The molecule has 0 saturated heterocycles. The zero-order chi connectivity index (χ0) is 42.0. The van der Waals surface area contributed by atoms with Gasteiger partial charge in [0.2, 0.25) is 0 Å². The summed E-state index contributed by atoms with van der Waals surface area (Å²) in [5.74, 6) is 0. The van der Waals surface area contributed by atoms with Crippen molar-refractivity contribution in [3.8, 4) is 39.1 Å². The molecular formula is C58H51BN2. The number of fused-ring (bicyclic) bond motifs is 12. The molecule has 2 aliphatic heterocycles. The summed E-state index contributed by atoms with van der Waals surface area (Å²) in [4.78, 5) is 0. The molecule has 10 aromatic rings. The molecule has 0 unspecified atom stereocenters. The Bertz CT molecular complexity index is 3570. The summed E-state index contributed by atoms with van der Waals surface area (Å²) >= 11 is 0. The van der Waals surface area contributed by atoms with Gasteiger partial charge in [-0.05, 0) is 153 Å². The molecule has 0 N–H and O–H groups in total. The Morgan fingerprint density at radius 3 is 1.95 bits per heavy atom. The summed E-state index contributed by atoms with van der Waals surface area (Å²) < 4.78 is 5.43. The van der Waals surface area contributed by atoms with Crippen LogP contribution in [0, 0.1) is 27.7 Å². The first-order chi connectivity index (χ1) is 29.2. The first-order valence-electron chi connectivity index (χ1n) is 22.1. The quantitative estimate of drug-likeness (QED) is 0.155. The first-order valence-corrected chi connectivity index (χ1v) is 22.1. The minimum absolute atomic E-state index is 0.0185. The van der Waals surface area contributed by atoms with E-state index in [0.29, 0.717) is 0 Å². The second-order valence-corrected chi connectivity index (χ2v) is 20.4. The van der Waals surface area contributed by atoms with E-state index >= 15 is 0 Å². The molecule has 61 heavy (non-hydrogen) atoms. The lowest BCUT2D eigenvalue weighted by Crippen LogP contribution is -2.55. The van der Waals surface area contributed by atoms with E-state index in [9.17, 15) is 0 Å². The first kappa shape index (κ1) is 36.5. The summed E-state index contributed by atoms with van der Waals surface area (Å²) in [7, 11) is 0. The van der Waals surface area contributed by atoms with Gasteiger partial charge < -0.3 is 9.05 Å².